The molecular formula is C21H30N6O2. The fourth-order valence-corrected chi connectivity index (χ4v) is 4.27. The summed E-state index contributed by atoms with van der Waals surface area (Å²) in [6, 6.07) is 2.01. The molecule has 0 bridgehead atoms. The molecule has 2 aromatic rings. The molecule has 8 nitrogen and oxygen atoms in total. The van der Waals surface area contributed by atoms with E-state index in [0.29, 0.717) is 44.3 Å². The van der Waals surface area contributed by atoms with Gasteiger partial charge in [-0.1, -0.05) is 6.92 Å². The zero-order chi connectivity index (χ0) is 20.5. The van der Waals surface area contributed by atoms with E-state index < -0.39 is 0 Å². The van der Waals surface area contributed by atoms with E-state index in [9.17, 15) is 9.59 Å². The van der Waals surface area contributed by atoms with Gasteiger partial charge in [-0.3, -0.25) is 19.3 Å². The van der Waals surface area contributed by atoms with Gasteiger partial charge >= 0.3 is 0 Å². The number of aromatic amines is 1. The third-order valence-electron chi connectivity index (χ3n) is 6.14. The molecule has 29 heavy (non-hydrogen) atoms. The van der Waals surface area contributed by atoms with E-state index >= 15 is 0 Å². The number of carbonyl (C=O) groups is 1. The van der Waals surface area contributed by atoms with E-state index in [0.717, 1.165) is 48.6 Å². The average Bonchev–Trinajstić information content (AvgIpc) is 3.03. The lowest BCUT2D eigenvalue weighted by atomic mass is 9.99. The van der Waals surface area contributed by atoms with Gasteiger partial charge in [0, 0.05) is 43.9 Å². The monoisotopic (exact) mass is 398 g/mol. The van der Waals surface area contributed by atoms with Gasteiger partial charge in [-0.25, -0.2) is 4.98 Å². The van der Waals surface area contributed by atoms with Crippen LogP contribution in [0.3, 0.4) is 0 Å². The SMILES string of the molecule is Cc1cc(C)n(CCC(=O)N2CCc3c(nc(N4CCC(C)CC4)[nH]c3=O)C2)n1. The van der Waals surface area contributed by atoms with Gasteiger partial charge in [0.2, 0.25) is 11.9 Å². The number of hydrogen-bond acceptors (Lipinski definition) is 5. The lowest BCUT2D eigenvalue weighted by Crippen LogP contribution is -2.41. The first-order valence-corrected chi connectivity index (χ1v) is 10.6. The lowest BCUT2D eigenvalue weighted by Gasteiger charge is -2.32. The number of carbonyl (C=O) groups excluding carboxylic acids is 1. The average molecular weight is 399 g/mol. The highest BCUT2D eigenvalue weighted by molar-refractivity contribution is 5.76. The van der Waals surface area contributed by atoms with E-state index in [1.807, 2.05) is 29.5 Å². The number of nitrogens with one attached hydrogen (secondary N) is 1. The molecule has 1 N–H and O–H groups in total. The van der Waals surface area contributed by atoms with Crippen LogP contribution in [0, 0.1) is 19.8 Å². The van der Waals surface area contributed by atoms with Crippen molar-refractivity contribution in [2.75, 3.05) is 24.5 Å². The summed E-state index contributed by atoms with van der Waals surface area (Å²) in [5.41, 5.74) is 3.44. The van der Waals surface area contributed by atoms with Crippen LogP contribution < -0.4 is 10.5 Å². The Labute approximate surface area is 170 Å². The van der Waals surface area contributed by atoms with E-state index in [-0.39, 0.29) is 11.5 Å². The van der Waals surface area contributed by atoms with Gasteiger partial charge < -0.3 is 9.80 Å². The highest BCUT2D eigenvalue weighted by atomic mass is 16.2. The normalized spacial score (nSPS) is 17.5. The van der Waals surface area contributed by atoms with Crippen molar-refractivity contribution in [1.82, 2.24) is 24.6 Å². The van der Waals surface area contributed by atoms with Crippen LogP contribution in [0.15, 0.2) is 10.9 Å². The van der Waals surface area contributed by atoms with Crippen LogP contribution in [0.5, 0.6) is 0 Å². The Kier molecular flexibility index (Phi) is 5.43. The molecule has 2 aromatic heterocycles. The Morgan fingerprint density at radius 3 is 2.69 bits per heavy atom. The van der Waals surface area contributed by atoms with Crippen LogP contribution >= 0.6 is 0 Å². The molecular weight excluding hydrogens is 368 g/mol. The number of H-pyrrole nitrogens is 1. The Balaban J connectivity index is 1.44. The molecule has 0 aliphatic carbocycles. The van der Waals surface area contributed by atoms with Gasteiger partial charge in [-0.15, -0.1) is 0 Å². The highest BCUT2D eigenvalue weighted by Gasteiger charge is 2.26. The molecule has 0 spiro atoms. The maximum absolute atomic E-state index is 12.8. The van der Waals surface area contributed by atoms with Crippen molar-refractivity contribution in [3.8, 4) is 0 Å². The van der Waals surface area contributed by atoms with Crippen LogP contribution in [0.25, 0.3) is 0 Å². The number of hydrogen-bond donors (Lipinski definition) is 1. The second kappa shape index (κ2) is 8.00. The van der Waals surface area contributed by atoms with Crippen molar-refractivity contribution < 1.29 is 4.79 Å². The summed E-state index contributed by atoms with van der Waals surface area (Å²) < 4.78 is 1.88. The molecule has 0 atom stereocenters. The minimum atomic E-state index is -0.0571. The second-order valence-electron chi connectivity index (χ2n) is 8.45. The predicted octanol–water partition coefficient (Wildman–Crippen LogP) is 1.79. The molecule has 1 fully saturated rings. The first-order chi connectivity index (χ1) is 13.9. The molecule has 4 heterocycles. The summed E-state index contributed by atoms with van der Waals surface area (Å²) in [6.45, 7) is 9.58. The zero-order valence-electron chi connectivity index (χ0n) is 17.6. The number of fused-ring (bicyclic) bond motifs is 1. The van der Waals surface area contributed by atoms with Crippen LogP contribution in [-0.4, -0.2) is 50.2 Å². The summed E-state index contributed by atoms with van der Waals surface area (Å²) in [5, 5.41) is 4.43. The fourth-order valence-electron chi connectivity index (χ4n) is 4.27. The molecule has 8 heteroatoms. The fraction of sp³-hybridized carbons (Fsp3) is 0.619. The van der Waals surface area contributed by atoms with Gasteiger partial charge in [0.25, 0.3) is 5.56 Å². The van der Waals surface area contributed by atoms with Crippen molar-refractivity contribution in [3.63, 3.8) is 0 Å². The number of aromatic nitrogens is 4. The zero-order valence-corrected chi connectivity index (χ0v) is 17.6. The predicted molar refractivity (Wildman–Crippen MR) is 111 cm³/mol. The first-order valence-electron chi connectivity index (χ1n) is 10.6. The highest BCUT2D eigenvalue weighted by Crippen LogP contribution is 2.22. The van der Waals surface area contributed by atoms with E-state index in [2.05, 4.69) is 21.9 Å². The number of anilines is 1. The topological polar surface area (TPSA) is 87.1 Å². The van der Waals surface area contributed by atoms with Gasteiger partial charge in [0.15, 0.2) is 0 Å². The third-order valence-corrected chi connectivity index (χ3v) is 6.14. The minimum Gasteiger partial charge on any atom is -0.342 e. The van der Waals surface area contributed by atoms with Crippen LogP contribution in [0.4, 0.5) is 5.95 Å². The van der Waals surface area contributed by atoms with Crippen molar-refractivity contribution in [2.24, 2.45) is 5.92 Å². The Morgan fingerprint density at radius 1 is 1.24 bits per heavy atom. The Morgan fingerprint density at radius 2 is 2.00 bits per heavy atom. The summed E-state index contributed by atoms with van der Waals surface area (Å²) in [4.78, 5) is 37.0. The number of nitrogens with zero attached hydrogens (tertiary/aromatic N) is 5. The van der Waals surface area contributed by atoms with Gasteiger partial charge in [-0.2, -0.15) is 5.10 Å². The van der Waals surface area contributed by atoms with E-state index in [4.69, 9.17) is 4.98 Å². The molecule has 0 unspecified atom stereocenters. The number of piperidine rings is 1. The van der Waals surface area contributed by atoms with E-state index in [1.165, 1.54) is 0 Å². The van der Waals surface area contributed by atoms with Gasteiger partial charge in [0.1, 0.15) is 0 Å². The summed E-state index contributed by atoms with van der Waals surface area (Å²) in [7, 11) is 0. The number of aryl methyl sites for hydroxylation is 3. The minimum absolute atomic E-state index is 0.0571. The number of amides is 1. The summed E-state index contributed by atoms with van der Waals surface area (Å²) in [6.07, 6.45) is 3.17. The largest absolute Gasteiger partial charge is 0.342 e. The molecule has 0 aromatic carbocycles. The van der Waals surface area contributed by atoms with Crippen LogP contribution in [0.2, 0.25) is 0 Å². The molecule has 2 aliphatic heterocycles. The molecule has 0 radical (unpaired) electrons. The second-order valence-corrected chi connectivity index (χ2v) is 8.45. The Bertz CT molecular complexity index is 955. The van der Waals surface area contributed by atoms with Gasteiger partial charge in [0.05, 0.1) is 17.9 Å². The molecule has 1 amide bonds. The standard InChI is InChI=1S/C21H30N6O2/c1-14-4-8-25(9-5-14)21-22-18-13-26(10-6-17(18)20(29)23-21)19(28)7-11-27-16(3)12-15(2)24-27/h12,14H,4-11,13H2,1-3H3,(H,22,23,29). The molecule has 0 saturated carbocycles. The maximum atomic E-state index is 12.8. The molecule has 1 saturated heterocycles. The van der Waals surface area contributed by atoms with Crippen molar-refractivity contribution in [2.45, 2.75) is 59.5 Å². The summed E-state index contributed by atoms with van der Waals surface area (Å²) in [5.74, 6) is 1.45. The molecule has 2 aliphatic rings. The van der Waals surface area contributed by atoms with E-state index in [1.54, 1.807) is 0 Å². The Hall–Kier alpha value is -2.64. The number of rotatable bonds is 4. The van der Waals surface area contributed by atoms with Gasteiger partial charge in [-0.05, 0) is 45.1 Å². The maximum Gasteiger partial charge on any atom is 0.255 e. The smallest absolute Gasteiger partial charge is 0.255 e. The van der Waals surface area contributed by atoms with Crippen molar-refractivity contribution in [1.29, 1.82) is 0 Å². The quantitative estimate of drug-likeness (QED) is 0.849. The third kappa shape index (κ3) is 4.21. The first kappa shape index (κ1) is 19.7. The van der Waals surface area contributed by atoms with Crippen LogP contribution in [0.1, 0.15) is 48.8 Å². The lowest BCUT2D eigenvalue weighted by molar-refractivity contribution is -0.132. The van der Waals surface area contributed by atoms with Crippen molar-refractivity contribution in [3.05, 3.63) is 39.1 Å². The van der Waals surface area contributed by atoms with Crippen molar-refractivity contribution >= 4 is 11.9 Å². The van der Waals surface area contributed by atoms with Crippen LogP contribution in [-0.2, 0) is 24.3 Å². The molecule has 156 valence electrons. The molecule has 4 rings (SSSR count). The summed E-state index contributed by atoms with van der Waals surface area (Å²) >= 11 is 0.